The van der Waals surface area contributed by atoms with Crippen molar-refractivity contribution in [1.82, 2.24) is 34.9 Å². The van der Waals surface area contributed by atoms with Crippen LogP contribution in [0.15, 0.2) is 17.9 Å². The van der Waals surface area contributed by atoms with Crippen LogP contribution in [0.2, 0.25) is 0 Å². The molecule has 1 aliphatic heterocycles. The summed E-state index contributed by atoms with van der Waals surface area (Å²) < 4.78 is 1.74. The van der Waals surface area contributed by atoms with Gasteiger partial charge in [-0.3, -0.25) is 4.68 Å². The van der Waals surface area contributed by atoms with Crippen LogP contribution in [-0.4, -0.2) is 61.8 Å². The summed E-state index contributed by atoms with van der Waals surface area (Å²) in [5.74, 6) is 0.876. The Balaban J connectivity index is 1.36. The summed E-state index contributed by atoms with van der Waals surface area (Å²) in [5, 5.41) is 11.1. The maximum Gasteiger partial charge on any atom is 0.317 e. The highest BCUT2D eigenvalue weighted by Crippen LogP contribution is 2.23. The fraction of sp³-hybridized carbons (Fsp3) is 0.438. The minimum Gasteiger partial charge on any atom is -0.352 e. The molecular weight excluding hydrogens is 352 g/mol. The van der Waals surface area contributed by atoms with Crippen molar-refractivity contribution in [2.75, 3.05) is 31.1 Å². The van der Waals surface area contributed by atoms with Crippen LogP contribution in [0, 0.1) is 6.92 Å². The van der Waals surface area contributed by atoms with E-state index in [2.05, 4.69) is 30.3 Å². The van der Waals surface area contributed by atoms with Gasteiger partial charge >= 0.3 is 6.03 Å². The molecule has 10 heteroatoms. The first-order valence-electron chi connectivity index (χ1n) is 8.43. The lowest BCUT2D eigenvalue weighted by Gasteiger charge is -2.35. The van der Waals surface area contributed by atoms with Crippen LogP contribution in [0.4, 0.5) is 10.6 Å². The third-order valence-corrected chi connectivity index (χ3v) is 5.40. The fourth-order valence-electron chi connectivity index (χ4n) is 3.07. The predicted molar refractivity (Wildman–Crippen MR) is 99.2 cm³/mol. The smallest absolute Gasteiger partial charge is 0.317 e. The number of amides is 2. The third-order valence-electron chi connectivity index (χ3n) is 4.43. The van der Waals surface area contributed by atoms with Crippen molar-refractivity contribution >= 4 is 34.2 Å². The first-order chi connectivity index (χ1) is 12.6. The number of piperazine rings is 1. The van der Waals surface area contributed by atoms with Gasteiger partial charge in [0.25, 0.3) is 0 Å². The summed E-state index contributed by atoms with van der Waals surface area (Å²) in [6, 6.07) is -0.0493. The largest absolute Gasteiger partial charge is 0.352 e. The summed E-state index contributed by atoms with van der Waals surface area (Å²) in [7, 11) is 1.87. The molecular formula is C16H20N8OS. The number of rotatable bonds is 3. The average molecular weight is 372 g/mol. The van der Waals surface area contributed by atoms with E-state index < -0.39 is 0 Å². The minimum absolute atomic E-state index is 0.0493. The third kappa shape index (κ3) is 3.19. The molecule has 2 amide bonds. The lowest BCUT2D eigenvalue weighted by molar-refractivity contribution is 0.194. The number of nitrogens with one attached hydrogen (secondary N) is 1. The Morgan fingerprint density at radius 2 is 2.08 bits per heavy atom. The van der Waals surface area contributed by atoms with Crippen LogP contribution in [0.1, 0.15) is 10.7 Å². The van der Waals surface area contributed by atoms with Gasteiger partial charge < -0.3 is 15.1 Å². The maximum absolute atomic E-state index is 12.4. The molecule has 4 heterocycles. The van der Waals surface area contributed by atoms with Crippen LogP contribution in [0.25, 0.3) is 11.0 Å². The molecule has 0 spiro atoms. The topological polar surface area (TPSA) is 92.1 Å². The molecule has 9 nitrogen and oxygen atoms in total. The maximum atomic E-state index is 12.4. The Morgan fingerprint density at radius 3 is 2.81 bits per heavy atom. The molecule has 1 aliphatic rings. The molecule has 26 heavy (non-hydrogen) atoms. The Hall–Kier alpha value is -2.75. The normalized spacial score (nSPS) is 14.8. The molecule has 0 aliphatic carbocycles. The number of anilines is 1. The van der Waals surface area contributed by atoms with Crippen molar-refractivity contribution in [3.63, 3.8) is 0 Å². The number of thiazole rings is 1. The number of hydrogen-bond acceptors (Lipinski definition) is 7. The molecule has 3 aromatic rings. The molecule has 4 rings (SSSR count). The van der Waals surface area contributed by atoms with E-state index in [1.54, 1.807) is 28.5 Å². The summed E-state index contributed by atoms with van der Waals surface area (Å²) >= 11 is 1.56. The zero-order valence-corrected chi connectivity index (χ0v) is 15.5. The molecule has 0 aromatic carbocycles. The van der Waals surface area contributed by atoms with Crippen molar-refractivity contribution in [2.45, 2.75) is 13.5 Å². The molecule has 0 bridgehead atoms. The van der Waals surface area contributed by atoms with Gasteiger partial charge in [-0.2, -0.15) is 5.10 Å². The number of urea groups is 1. The minimum atomic E-state index is -0.0493. The average Bonchev–Trinajstić information content (AvgIpc) is 3.25. The van der Waals surface area contributed by atoms with E-state index in [1.165, 1.54) is 0 Å². The summed E-state index contributed by atoms with van der Waals surface area (Å²) in [6.07, 6.45) is 3.36. The van der Waals surface area contributed by atoms with E-state index in [-0.39, 0.29) is 6.03 Å². The Morgan fingerprint density at radius 1 is 1.27 bits per heavy atom. The van der Waals surface area contributed by atoms with Crippen molar-refractivity contribution in [3.8, 4) is 0 Å². The number of fused-ring (bicyclic) bond motifs is 1. The van der Waals surface area contributed by atoms with E-state index in [1.807, 2.05) is 24.3 Å². The van der Waals surface area contributed by atoms with E-state index in [4.69, 9.17) is 0 Å². The zero-order valence-electron chi connectivity index (χ0n) is 14.7. The second kappa shape index (κ2) is 6.87. The van der Waals surface area contributed by atoms with Crippen LogP contribution in [0.5, 0.6) is 0 Å². The number of carbonyl (C=O) groups is 1. The molecule has 0 radical (unpaired) electrons. The zero-order chi connectivity index (χ0) is 18.1. The molecule has 0 atom stereocenters. The standard InChI is InChI=1S/C16H20N8OS/c1-11-9-26-13(21-11)8-17-16(25)24-5-3-23(4-6-24)15-12-7-20-22(2)14(12)18-10-19-15/h7,9-10H,3-6,8H2,1-2H3,(H,17,25). The van der Waals surface area contributed by atoms with Crippen molar-refractivity contribution < 1.29 is 4.79 Å². The molecule has 0 unspecified atom stereocenters. The van der Waals surface area contributed by atoms with E-state index in [0.717, 1.165) is 40.6 Å². The Kier molecular flexibility index (Phi) is 4.41. The summed E-state index contributed by atoms with van der Waals surface area (Å²) in [5.41, 5.74) is 1.80. The summed E-state index contributed by atoms with van der Waals surface area (Å²) in [4.78, 5) is 29.5. The highest BCUT2D eigenvalue weighted by atomic mass is 32.1. The van der Waals surface area contributed by atoms with Crippen LogP contribution in [-0.2, 0) is 13.6 Å². The lowest BCUT2D eigenvalue weighted by Crippen LogP contribution is -2.52. The number of aromatic nitrogens is 5. The Labute approximate surface area is 154 Å². The van der Waals surface area contributed by atoms with Crippen LogP contribution >= 0.6 is 11.3 Å². The summed E-state index contributed by atoms with van der Waals surface area (Å²) in [6.45, 7) is 5.17. The van der Waals surface area contributed by atoms with Crippen molar-refractivity contribution in [1.29, 1.82) is 0 Å². The molecule has 1 N–H and O–H groups in total. The van der Waals surface area contributed by atoms with Gasteiger partial charge in [0.1, 0.15) is 17.2 Å². The van der Waals surface area contributed by atoms with Gasteiger partial charge in [0, 0.05) is 44.3 Å². The first-order valence-corrected chi connectivity index (χ1v) is 9.31. The first kappa shape index (κ1) is 16.7. The molecule has 1 fully saturated rings. The highest BCUT2D eigenvalue weighted by molar-refractivity contribution is 7.09. The molecule has 0 saturated carbocycles. The number of aryl methyl sites for hydroxylation is 2. The van der Waals surface area contributed by atoms with E-state index >= 15 is 0 Å². The second-order valence-electron chi connectivity index (χ2n) is 6.22. The lowest BCUT2D eigenvalue weighted by atomic mass is 10.3. The van der Waals surface area contributed by atoms with Gasteiger partial charge in [0.05, 0.1) is 18.1 Å². The van der Waals surface area contributed by atoms with E-state index in [9.17, 15) is 4.79 Å². The Bertz CT molecular complexity index is 927. The van der Waals surface area contributed by atoms with Gasteiger partial charge in [-0.25, -0.2) is 19.7 Å². The van der Waals surface area contributed by atoms with Gasteiger partial charge in [-0.1, -0.05) is 0 Å². The van der Waals surface area contributed by atoms with Gasteiger partial charge in [-0.15, -0.1) is 11.3 Å². The molecule has 1 saturated heterocycles. The number of carbonyl (C=O) groups excluding carboxylic acids is 1. The fourth-order valence-corrected chi connectivity index (χ4v) is 3.78. The molecule has 136 valence electrons. The van der Waals surface area contributed by atoms with Gasteiger partial charge in [-0.05, 0) is 6.92 Å². The number of hydrogen-bond donors (Lipinski definition) is 1. The quantitative estimate of drug-likeness (QED) is 0.742. The van der Waals surface area contributed by atoms with Crippen LogP contribution < -0.4 is 10.2 Å². The van der Waals surface area contributed by atoms with Crippen LogP contribution in [0.3, 0.4) is 0 Å². The molecule has 3 aromatic heterocycles. The highest BCUT2D eigenvalue weighted by Gasteiger charge is 2.23. The van der Waals surface area contributed by atoms with Gasteiger partial charge in [0.15, 0.2) is 5.65 Å². The second-order valence-corrected chi connectivity index (χ2v) is 7.16. The van der Waals surface area contributed by atoms with Crippen molar-refractivity contribution in [2.24, 2.45) is 7.05 Å². The SMILES string of the molecule is Cc1csc(CNC(=O)N2CCN(c3ncnc4c3cnn4C)CC2)n1. The monoisotopic (exact) mass is 372 g/mol. The van der Waals surface area contributed by atoms with E-state index in [0.29, 0.717) is 19.6 Å². The van der Waals surface area contributed by atoms with Gasteiger partial charge in [0.2, 0.25) is 0 Å². The van der Waals surface area contributed by atoms with Crippen molar-refractivity contribution in [3.05, 3.63) is 28.6 Å². The number of nitrogens with zero attached hydrogens (tertiary/aromatic N) is 7. The predicted octanol–water partition coefficient (Wildman–Crippen LogP) is 1.16.